The van der Waals surface area contributed by atoms with Crippen molar-refractivity contribution in [3.05, 3.63) is 76.0 Å². The van der Waals surface area contributed by atoms with E-state index in [9.17, 15) is 4.79 Å². The van der Waals surface area contributed by atoms with Crippen LogP contribution in [-0.4, -0.2) is 25.7 Å². The highest BCUT2D eigenvalue weighted by Gasteiger charge is 2.19. The Hall–Kier alpha value is -2.68. The number of halogens is 1. The standard InChI is InChI=1S/C22H20ClN5OS2/c1-14-7-8-20(9-15(14)2)28(16(3)29)21-25-18(11-30-21)12-31-22-26-24-13-27(22)19-6-4-5-17(23)10-19/h4-11,13H,12H2,1-3H3. The van der Waals surface area contributed by atoms with E-state index in [1.807, 2.05) is 59.3 Å². The van der Waals surface area contributed by atoms with Gasteiger partial charge in [-0.25, -0.2) is 4.98 Å². The topological polar surface area (TPSA) is 63.9 Å². The fourth-order valence-electron chi connectivity index (χ4n) is 3.02. The highest BCUT2D eigenvalue weighted by molar-refractivity contribution is 7.98. The summed E-state index contributed by atoms with van der Waals surface area (Å²) in [5.41, 5.74) is 4.92. The second-order valence-electron chi connectivity index (χ2n) is 7.00. The normalized spacial score (nSPS) is 11.0. The van der Waals surface area contributed by atoms with Gasteiger partial charge in [0.15, 0.2) is 10.3 Å². The van der Waals surface area contributed by atoms with Crippen molar-refractivity contribution in [1.29, 1.82) is 0 Å². The van der Waals surface area contributed by atoms with E-state index in [-0.39, 0.29) is 5.91 Å². The second kappa shape index (κ2) is 9.21. The van der Waals surface area contributed by atoms with Gasteiger partial charge in [-0.15, -0.1) is 21.5 Å². The lowest BCUT2D eigenvalue weighted by Gasteiger charge is -2.19. The van der Waals surface area contributed by atoms with Gasteiger partial charge in [0, 0.05) is 23.1 Å². The van der Waals surface area contributed by atoms with Crippen LogP contribution in [0.1, 0.15) is 23.7 Å². The van der Waals surface area contributed by atoms with Crippen LogP contribution in [0.3, 0.4) is 0 Å². The molecular weight excluding hydrogens is 450 g/mol. The molecule has 0 unspecified atom stereocenters. The molecule has 0 aliphatic carbocycles. The maximum absolute atomic E-state index is 12.4. The molecule has 0 spiro atoms. The average Bonchev–Trinajstić information content (AvgIpc) is 3.38. The molecule has 0 fully saturated rings. The molecule has 0 saturated heterocycles. The number of carbonyl (C=O) groups is 1. The van der Waals surface area contributed by atoms with E-state index in [0.717, 1.165) is 27.8 Å². The molecule has 2 heterocycles. The molecule has 0 bridgehead atoms. The summed E-state index contributed by atoms with van der Waals surface area (Å²) in [5.74, 6) is 0.534. The quantitative estimate of drug-likeness (QED) is 0.325. The summed E-state index contributed by atoms with van der Waals surface area (Å²) >= 11 is 9.09. The molecule has 0 saturated carbocycles. The molecule has 6 nitrogen and oxygen atoms in total. The first-order valence-corrected chi connectivity index (χ1v) is 11.8. The Bertz CT molecular complexity index is 1240. The Labute approximate surface area is 193 Å². The van der Waals surface area contributed by atoms with Crippen LogP contribution in [0.5, 0.6) is 0 Å². The van der Waals surface area contributed by atoms with Crippen molar-refractivity contribution in [3.8, 4) is 5.69 Å². The summed E-state index contributed by atoms with van der Waals surface area (Å²) < 4.78 is 1.89. The molecule has 9 heteroatoms. The number of anilines is 2. The van der Waals surface area contributed by atoms with E-state index >= 15 is 0 Å². The van der Waals surface area contributed by atoms with Crippen molar-refractivity contribution in [2.45, 2.75) is 31.7 Å². The lowest BCUT2D eigenvalue weighted by molar-refractivity contribution is -0.115. The van der Waals surface area contributed by atoms with Crippen molar-refractivity contribution in [1.82, 2.24) is 19.7 Å². The molecule has 0 N–H and O–H groups in total. The first kappa shape index (κ1) is 21.5. The number of thioether (sulfide) groups is 1. The van der Waals surface area contributed by atoms with Gasteiger partial charge in [0.05, 0.1) is 17.1 Å². The highest BCUT2D eigenvalue weighted by Crippen LogP contribution is 2.32. The molecule has 2 aromatic heterocycles. The first-order valence-electron chi connectivity index (χ1n) is 9.53. The minimum absolute atomic E-state index is 0.0718. The van der Waals surface area contributed by atoms with E-state index in [4.69, 9.17) is 16.6 Å². The van der Waals surface area contributed by atoms with E-state index in [2.05, 4.69) is 17.1 Å². The minimum Gasteiger partial charge on any atom is -0.277 e. The monoisotopic (exact) mass is 469 g/mol. The van der Waals surface area contributed by atoms with E-state index in [1.54, 1.807) is 18.2 Å². The Morgan fingerprint density at radius 3 is 2.77 bits per heavy atom. The summed E-state index contributed by atoms with van der Waals surface area (Å²) in [6.45, 7) is 5.65. The number of carbonyl (C=O) groups excluding carboxylic acids is 1. The molecule has 158 valence electrons. The van der Waals surface area contributed by atoms with Gasteiger partial charge in [0.1, 0.15) is 6.33 Å². The fourth-order valence-corrected chi connectivity index (χ4v) is 5.02. The SMILES string of the molecule is CC(=O)N(c1ccc(C)c(C)c1)c1nc(CSc2nncn2-c2cccc(Cl)c2)cs1. The maximum atomic E-state index is 12.4. The van der Waals surface area contributed by atoms with Crippen LogP contribution in [0.25, 0.3) is 5.69 Å². The predicted octanol–water partition coefficient (Wildman–Crippen LogP) is 5.97. The number of hydrogen-bond acceptors (Lipinski definition) is 6. The molecule has 1 amide bonds. The number of nitrogens with zero attached hydrogens (tertiary/aromatic N) is 5. The minimum atomic E-state index is -0.0718. The Morgan fingerprint density at radius 1 is 1.19 bits per heavy atom. The third kappa shape index (κ3) is 4.81. The van der Waals surface area contributed by atoms with Gasteiger partial charge in [-0.2, -0.15) is 0 Å². The molecule has 4 rings (SSSR count). The van der Waals surface area contributed by atoms with Crippen molar-refractivity contribution in [2.75, 3.05) is 4.90 Å². The van der Waals surface area contributed by atoms with E-state index in [0.29, 0.717) is 15.9 Å². The van der Waals surface area contributed by atoms with Crippen LogP contribution in [0.2, 0.25) is 5.02 Å². The van der Waals surface area contributed by atoms with Gasteiger partial charge < -0.3 is 0 Å². The van der Waals surface area contributed by atoms with E-state index < -0.39 is 0 Å². The van der Waals surface area contributed by atoms with Gasteiger partial charge in [0.2, 0.25) is 5.91 Å². The summed E-state index contributed by atoms with van der Waals surface area (Å²) in [6.07, 6.45) is 1.66. The predicted molar refractivity (Wildman–Crippen MR) is 127 cm³/mol. The van der Waals surface area contributed by atoms with Gasteiger partial charge in [-0.05, 0) is 55.3 Å². The van der Waals surface area contributed by atoms with Gasteiger partial charge in [-0.1, -0.05) is 35.5 Å². The zero-order valence-electron chi connectivity index (χ0n) is 17.2. The summed E-state index contributed by atoms with van der Waals surface area (Å²) in [6, 6.07) is 13.5. The number of benzene rings is 2. The number of aryl methyl sites for hydroxylation is 2. The second-order valence-corrected chi connectivity index (χ2v) is 9.21. The van der Waals surface area contributed by atoms with Crippen LogP contribution in [0.4, 0.5) is 10.8 Å². The van der Waals surface area contributed by atoms with Crippen LogP contribution in [-0.2, 0) is 10.5 Å². The lowest BCUT2D eigenvalue weighted by atomic mass is 10.1. The first-order chi connectivity index (χ1) is 14.9. The zero-order chi connectivity index (χ0) is 22.0. The van der Waals surface area contributed by atoms with Crippen molar-refractivity contribution in [3.63, 3.8) is 0 Å². The number of aromatic nitrogens is 4. The number of rotatable bonds is 6. The smallest absolute Gasteiger partial charge is 0.230 e. The van der Waals surface area contributed by atoms with Gasteiger partial charge in [0.25, 0.3) is 0 Å². The summed E-state index contributed by atoms with van der Waals surface area (Å²) in [4.78, 5) is 18.7. The van der Waals surface area contributed by atoms with Crippen LogP contribution in [0.15, 0.2) is 59.3 Å². The highest BCUT2D eigenvalue weighted by atomic mass is 35.5. The third-order valence-corrected chi connectivity index (χ3v) is 6.83. The van der Waals surface area contributed by atoms with Crippen LogP contribution < -0.4 is 4.90 Å². The number of amides is 1. The molecule has 0 atom stereocenters. The van der Waals surface area contributed by atoms with Gasteiger partial charge in [-0.3, -0.25) is 14.3 Å². The molecule has 31 heavy (non-hydrogen) atoms. The molecule has 0 radical (unpaired) electrons. The molecule has 2 aromatic carbocycles. The van der Waals surface area contributed by atoms with Crippen LogP contribution >= 0.6 is 34.7 Å². The Balaban J connectivity index is 1.52. The molecule has 0 aliphatic heterocycles. The molecule has 0 aliphatic rings. The summed E-state index contributed by atoms with van der Waals surface area (Å²) in [7, 11) is 0. The van der Waals surface area contributed by atoms with Crippen molar-refractivity contribution >= 4 is 51.4 Å². The average molecular weight is 470 g/mol. The lowest BCUT2D eigenvalue weighted by Crippen LogP contribution is -2.22. The Morgan fingerprint density at radius 2 is 2.03 bits per heavy atom. The summed E-state index contributed by atoms with van der Waals surface area (Å²) in [5, 5.41) is 12.3. The third-order valence-electron chi connectivity index (χ3n) is 4.75. The Kier molecular flexibility index (Phi) is 6.41. The number of hydrogen-bond donors (Lipinski definition) is 0. The van der Waals surface area contributed by atoms with Crippen LogP contribution in [0, 0.1) is 13.8 Å². The van der Waals surface area contributed by atoms with Gasteiger partial charge >= 0.3 is 0 Å². The maximum Gasteiger partial charge on any atom is 0.230 e. The molecular formula is C22H20ClN5OS2. The molecule has 4 aromatic rings. The van der Waals surface area contributed by atoms with Crippen molar-refractivity contribution < 1.29 is 4.79 Å². The largest absolute Gasteiger partial charge is 0.277 e. The van der Waals surface area contributed by atoms with Crippen molar-refractivity contribution in [2.24, 2.45) is 0 Å². The number of thiazole rings is 1. The fraction of sp³-hybridized carbons (Fsp3) is 0.182. The zero-order valence-corrected chi connectivity index (χ0v) is 19.6. The van der Waals surface area contributed by atoms with E-state index in [1.165, 1.54) is 28.7 Å².